The maximum absolute atomic E-state index is 6.31. The van der Waals surface area contributed by atoms with Crippen molar-refractivity contribution in [3.63, 3.8) is 0 Å². The Balaban J connectivity index is 2.10. The van der Waals surface area contributed by atoms with Gasteiger partial charge in [0.1, 0.15) is 0 Å². The normalized spacial score (nSPS) is 12.0. The second kappa shape index (κ2) is 8.82. The lowest BCUT2D eigenvalue weighted by atomic mass is 10.1. The molecule has 1 heterocycles. The summed E-state index contributed by atoms with van der Waals surface area (Å²) in [7, 11) is 0. The summed E-state index contributed by atoms with van der Waals surface area (Å²) in [6, 6.07) is 3.94. The first-order valence-corrected chi connectivity index (χ1v) is 7.89. The van der Waals surface area contributed by atoms with E-state index in [0.717, 1.165) is 40.0 Å². The molecule has 1 aromatic heterocycles. The van der Waals surface area contributed by atoms with Crippen LogP contribution in [-0.2, 0) is 6.42 Å². The molecule has 116 valence electrons. The van der Waals surface area contributed by atoms with E-state index in [9.17, 15) is 0 Å². The van der Waals surface area contributed by atoms with E-state index in [1.807, 2.05) is 24.3 Å². The number of fused-ring (bicyclic) bond motifs is 1. The molecule has 0 unspecified atom stereocenters. The smallest absolute Gasteiger partial charge is 0.0931 e. The van der Waals surface area contributed by atoms with Gasteiger partial charge in [0.2, 0.25) is 0 Å². The van der Waals surface area contributed by atoms with Gasteiger partial charge in [-0.25, -0.2) is 4.98 Å². The molecule has 0 fully saturated rings. The number of H-pyrrole nitrogens is 1. The number of halogens is 1. The first-order chi connectivity index (χ1) is 11.2. The average molecular weight is 323 g/mol. The molecule has 2 rings (SSSR count). The van der Waals surface area contributed by atoms with Gasteiger partial charge in [-0.1, -0.05) is 55.2 Å². The van der Waals surface area contributed by atoms with Crippen molar-refractivity contribution in [2.45, 2.75) is 19.8 Å². The highest BCUT2D eigenvalue weighted by Gasteiger charge is 2.03. The lowest BCUT2D eigenvalue weighted by Gasteiger charge is -2.01. The van der Waals surface area contributed by atoms with Crippen molar-refractivity contribution >= 4 is 22.6 Å². The summed E-state index contributed by atoms with van der Waals surface area (Å²) in [6.45, 7) is 5.68. The molecule has 1 aromatic carbocycles. The van der Waals surface area contributed by atoms with Crippen molar-refractivity contribution < 1.29 is 0 Å². The minimum Gasteiger partial charge on any atom is -0.345 e. The number of rotatable bonds is 5. The molecule has 0 bridgehead atoms. The Kier molecular flexibility index (Phi) is 6.47. The summed E-state index contributed by atoms with van der Waals surface area (Å²) in [6.07, 6.45) is 15.2. The van der Waals surface area contributed by atoms with Gasteiger partial charge in [-0.15, -0.1) is 0 Å². The molecule has 0 amide bonds. The third-order valence-corrected chi connectivity index (χ3v) is 3.57. The number of imidazole rings is 1. The highest BCUT2D eigenvalue weighted by Crippen LogP contribution is 2.22. The zero-order valence-corrected chi connectivity index (χ0v) is 13.9. The topological polar surface area (TPSA) is 28.7 Å². The molecule has 0 aliphatic carbocycles. The summed E-state index contributed by atoms with van der Waals surface area (Å²) >= 11 is 6.31. The van der Waals surface area contributed by atoms with E-state index in [2.05, 4.69) is 53.5 Å². The molecule has 2 aromatic rings. The number of allylic oxidation sites excluding steroid dienone is 7. The maximum atomic E-state index is 6.31. The predicted octanol–water partition coefficient (Wildman–Crippen LogP) is 5.40. The SMILES string of the molecule is C=CC#C/C=C/C(/C=C\Cc1cc2[nH]cnc2cc1Cl)=C/CC. The lowest BCUT2D eigenvalue weighted by molar-refractivity contribution is 1.21. The standard InChI is InChI=1S/C20H19ClN2/c1-3-5-6-7-10-16(9-4-2)11-8-12-17-13-19-20(14-18(17)21)23-15-22-19/h3,7-11,13-15H,1,4,12H2,2H3,(H,22,23)/b10-7+,11-8-,16-9-. The van der Waals surface area contributed by atoms with Crippen molar-refractivity contribution in [1.29, 1.82) is 0 Å². The molecular weight excluding hydrogens is 304 g/mol. The van der Waals surface area contributed by atoms with Crippen LogP contribution in [0.4, 0.5) is 0 Å². The van der Waals surface area contributed by atoms with Crippen molar-refractivity contribution in [3.05, 3.63) is 77.7 Å². The van der Waals surface area contributed by atoms with E-state index >= 15 is 0 Å². The Labute approximate surface area is 142 Å². The molecule has 0 atom stereocenters. The van der Waals surface area contributed by atoms with Gasteiger partial charge in [-0.05, 0) is 54.3 Å². The first-order valence-electron chi connectivity index (χ1n) is 7.51. The van der Waals surface area contributed by atoms with Crippen molar-refractivity contribution in [1.82, 2.24) is 9.97 Å². The molecule has 0 aliphatic rings. The molecule has 0 aliphatic heterocycles. The van der Waals surface area contributed by atoms with E-state index in [1.54, 1.807) is 12.4 Å². The van der Waals surface area contributed by atoms with Gasteiger partial charge < -0.3 is 4.98 Å². The van der Waals surface area contributed by atoms with E-state index in [4.69, 9.17) is 11.6 Å². The zero-order chi connectivity index (χ0) is 16.5. The van der Waals surface area contributed by atoms with Crippen molar-refractivity contribution in [3.8, 4) is 11.8 Å². The molecule has 0 saturated heterocycles. The average Bonchev–Trinajstić information content (AvgIpc) is 2.98. The maximum Gasteiger partial charge on any atom is 0.0931 e. The molecular formula is C20H19ClN2. The van der Waals surface area contributed by atoms with Crippen LogP contribution >= 0.6 is 11.6 Å². The van der Waals surface area contributed by atoms with Crippen molar-refractivity contribution in [2.75, 3.05) is 0 Å². The number of benzene rings is 1. The first kappa shape index (κ1) is 16.9. The Bertz CT molecular complexity index is 826. The molecule has 0 saturated carbocycles. The van der Waals surface area contributed by atoms with Crippen LogP contribution < -0.4 is 0 Å². The van der Waals surface area contributed by atoms with E-state index < -0.39 is 0 Å². The summed E-state index contributed by atoms with van der Waals surface area (Å²) in [5, 5.41) is 0.739. The Morgan fingerprint density at radius 3 is 3.00 bits per heavy atom. The Hall–Kier alpha value is -2.50. The fraction of sp³-hybridized carbons (Fsp3) is 0.150. The summed E-state index contributed by atoms with van der Waals surface area (Å²) in [5.74, 6) is 5.70. The largest absolute Gasteiger partial charge is 0.345 e. The third kappa shape index (κ3) is 5.02. The molecule has 2 nitrogen and oxygen atoms in total. The van der Waals surface area contributed by atoms with Crippen LogP contribution in [0.2, 0.25) is 5.02 Å². The predicted molar refractivity (Wildman–Crippen MR) is 99.4 cm³/mol. The van der Waals surface area contributed by atoms with Crippen molar-refractivity contribution in [2.24, 2.45) is 0 Å². The van der Waals surface area contributed by atoms with Gasteiger partial charge in [0, 0.05) is 5.02 Å². The quantitative estimate of drug-likeness (QED) is 0.579. The van der Waals surface area contributed by atoms with Crippen LogP contribution in [0.25, 0.3) is 11.0 Å². The van der Waals surface area contributed by atoms with Crippen LogP contribution in [0, 0.1) is 11.8 Å². The van der Waals surface area contributed by atoms with Gasteiger partial charge in [0.25, 0.3) is 0 Å². The third-order valence-electron chi connectivity index (χ3n) is 3.22. The number of hydrogen-bond donors (Lipinski definition) is 1. The fourth-order valence-electron chi connectivity index (χ4n) is 2.15. The highest BCUT2D eigenvalue weighted by molar-refractivity contribution is 6.32. The van der Waals surface area contributed by atoms with Gasteiger partial charge >= 0.3 is 0 Å². The summed E-state index contributed by atoms with van der Waals surface area (Å²) in [4.78, 5) is 7.31. The summed E-state index contributed by atoms with van der Waals surface area (Å²) < 4.78 is 0. The number of nitrogens with one attached hydrogen (secondary N) is 1. The fourth-order valence-corrected chi connectivity index (χ4v) is 2.39. The van der Waals surface area contributed by atoms with E-state index in [-0.39, 0.29) is 0 Å². The number of nitrogens with zero attached hydrogens (tertiary/aromatic N) is 1. The minimum atomic E-state index is 0.739. The summed E-state index contributed by atoms with van der Waals surface area (Å²) in [5.41, 5.74) is 4.09. The van der Waals surface area contributed by atoms with E-state index in [1.165, 1.54) is 0 Å². The molecule has 0 spiro atoms. The lowest BCUT2D eigenvalue weighted by Crippen LogP contribution is -1.84. The monoisotopic (exact) mass is 322 g/mol. The second-order valence-corrected chi connectivity index (χ2v) is 5.32. The molecule has 23 heavy (non-hydrogen) atoms. The van der Waals surface area contributed by atoms with Crippen LogP contribution in [0.15, 0.2) is 67.1 Å². The molecule has 3 heteroatoms. The van der Waals surface area contributed by atoms with Gasteiger partial charge in [-0.2, -0.15) is 0 Å². The minimum absolute atomic E-state index is 0.739. The molecule has 1 N–H and O–H groups in total. The number of aromatic amines is 1. The zero-order valence-electron chi connectivity index (χ0n) is 13.1. The van der Waals surface area contributed by atoms with Gasteiger partial charge in [0.05, 0.1) is 17.4 Å². The van der Waals surface area contributed by atoms with Crippen LogP contribution in [0.3, 0.4) is 0 Å². The number of aromatic nitrogens is 2. The Morgan fingerprint density at radius 2 is 2.22 bits per heavy atom. The Morgan fingerprint density at radius 1 is 1.35 bits per heavy atom. The number of hydrogen-bond acceptors (Lipinski definition) is 1. The van der Waals surface area contributed by atoms with Gasteiger partial charge in [0.15, 0.2) is 0 Å². The van der Waals surface area contributed by atoms with Crippen LogP contribution in [0.5, 0.6) is 0 Å². The second-order valence-electron chi connectivity index (χ2n) is 4.91. The van der Waals surface area contributed by atoms with Crippen LogP contribution in [0.1, 0.15) is 18.9 Å². The highest BCUT2D eigenvalue weighted by atomic mass is 35.5. The molecule has 0 radical (unpaired) electrons. The van der Waals surface area contributed by atoms with E-state index in [0.29, 0.717) is 0 Å². The van der Waals surface area contributed by atoms with Gasteiger partial charge in [-0.3, -0.25) is 0 Å². The van der Waals surface area contributed by atoms with Crippen LogP contribution in [-0.4, -0.2) is 9.97 Å².